The molecule has 10 heteroatoms. The summed E-state index contributed by atoms with van der Waals surface area (Å²) >= 11 is 0. The fourth-order valence-corrected chi connectivity index (χ4v) is 15.5. The second kappa shape index (κ2) is 16.3. The zero-order valence-electron chi connectivity index (χ0n) is 46.5. The molecule has 0 saturated heterocycles. The Morgan fingerprint density at radius 3 is 1.47 bits per heavy atom. The molecule has 400 valence electrons. The van der Waals surface area contributed by atoms with Crippen LogP contribution in [0.1, 0.15) is 5.69 Å². The summed E-state index contributed by atoms with van der Waals surface area (Å²) in [5.41, 5.74) is 17.2. The molecule has 11 aromatic carbocycles. The van der Waals surface area contributed by atoms with E-state index < -0.39 is 0 Å². The van der Waals surface area contributed by atoms with E-state index in [1.807, 2.05) is 19.1 Å². The lowest BCUT2D eigenvalue weighted by Gasteiger charge is -2.13. The second-order valence-corrected chi connectivity index (χ2v) is 23.4. The molecule has 0 N–H and O–H groups in total. The number of rotatable bonds is 4. The smallest absolute Gasteiger partial charge is 0.237 e. The van der Waals surface area contributed by atoms with Crippen LogP contribution in [0.3, 0.4) is 0 Å². The third-order valence-electron chi connectivity index (χ3n) is 19.0. The molecule has 0 aliphatic carbocycles. The maximum atomic E-state index is 5.60. The summed E-state index contributed by atoms with van der Waals surface area (Å²) < 4.78 is 9.50. The van der Waals surface area contributed by atoms with Gasteiger partial charge < -0.3 is 8.80 Å². The molecule has 0 amide bonds. The molecule has 0 bridgehead atoms. The molecule has 10 nitrogen and oxygen atoms in total. The van der Waals surface area contributed by atoms with Gasteiger partial charge in [-0.25, -0.2) is 19.9 Å². The second-order valence-electron chi connectivity index (χ2n) is 23.4. The monoisotopic (exact) mass is 1110 g/mol. The number of fused-ring (bicyclic) bond motifs is 26. The van der Waals surface area contributed by atoms with Crippen LogP contribution in [0.5, 0.6) is 0 Å². The van der Waals surface area contributed by atoms with Gasteiger partial charge in [-0.3, -0.25) is 9.13 Å². The van der Waals surface area contributed by atoms with Crippen molar-refractivity contribution in [3.63, 3.8) is 0 Å². The Morgan fingerprint density at radius 2 is 0.805 bits per heavy atom. The third-order valence-corrected chi connectivity index (χ3v) is 19.0. The minimum Gasteiger partial charge on any atom is -0.308 e. The van der Waals surface area contributed by atoms with E-state index in [4.69, 9.17) is 29.9 Å². The Balaban J connectivity index is 0.810. The van der Waals surface area contributed by atoms with E-state index in [0.717, 1.165) is 88.1 Å². The summed E-state index contributed by atoms with van der Waals surface area (Å²) in [7, 11) is 0. The van der Waals surface area contributed by atoms with Gasteiger partial charge in [0.15, 0.2) is 11.3 Å². The van der Waals surface area contributed by atoms with Crippen LogP contribution in [0.25, 0.3) is 198 Å². The highest BCUT2D eigenvalue weighted by molar-refractivity contribution is 6.40. The maximum Gasteiger partial charge on any atom is 0.237 e. The van der Waals surface area contributed by atoms with Gasteiger partial charge in [-0.2, -0.15) is 9.97 Å². The molecule has 10 heterocycles. The summed E-state index contributed by atoms with van der Waals surface area (Å²) in [6.45, 7) is 2.05. The number of nitrogens with zero attached hydrogens (tertiary/aromatic N) is 10. The van der Waals surface area contributed by atoms with E-state index in [1.54, 1.807) is 6.20 Å². The van der Waals surface area contributed by atoms with Gasteiger partial charge in [-0.05, 0) is 107 Å². The molecule has 10 aromatic heterocycles. The van der Waals surface area contributed by atoms with Crippen molar-refractivity contribution < 1.29 is 0 Å². The van der Waals surface area contributed by atoms with Crippen LogP contribution in [-0.2, 0) is 0 Å². The van der Waals surface area contributed by atoms with Gasteiger partial charge >= 0.3 is 0 Å². The molecule has 0 saturated carbocycles. The van der Waals surface area contributed by atoms with Crippen molar-refractivity contribution >= 4 is 163 Å². The average Bonchev–Trinajstić information content (AvgIpc) is 1.63. The number of hydrogen-bond donors (Lipinski definition) is 0. The fraction of sp³-hybridized carbons (Fsp3) is 0.0130. The first-order valence-corrected chi connectivity index (χ1v) is 29.5. The van der Waals surface area contributed by atoms with Crippen LogP contribution in [-0.4, -0.2) is 47.8 Å². The lowest BCUT2D eigenvalue weighted by molar-refractivity contribution is 0.981. The van der Waals surface area contributed by atoms with Crippen LogP contribution in [0.2, 0.25) is 0 Å². The van der Waals surface area contributed by atoms with Crippen molar-refractivity contribution in [1.29, 1.82) is 0 Å². The van der Waals surface area contributed by atoms with Crippen molar-refractivity contribution in [3.05, 3.63) is 242 Å². The molecule has 0 spiro atoms. The minimum absolute atomic E-state index is 0.565. The van der Waals surface area contributed by atoms with Gasteiger partial charge in [-0.1, -0.05) is 152 Å². The van der Waals surface area contributed by atoms with Gasteiger partial charge in [0.25, 0.3) is 0 Å². The van der Waals surface area contributed by atoms with Gasteiger partial charge in [0, 0.05) is 92.7 Å². The Hall–Kier alpha value is -11.9. The van der Waals surface area contributed by atoms with E-state index in [0.29, 0.717) is 23.2 Å². The maximum absolute atomic E-state index is 5.60. The highest BCUT2D eigenvalue weighted by Crippen LogP contribution is 2.51. The van der Waals surface area contributed by atoms with Gasteiger partial charge in [-0.15, -0.1) is 0 Å². The Kier molecular flexibility index (Phi) is 8.52. The summed E-state index contributed by atoms with van der Waals surface area (Å²) in [5.74, 6) is 1.17. The Bertz CT molecular complexity index is 6640. The standard InChI is InChI=1S/C77H42N10/c1-41-46-24-15-37-78-74(46)82-76(79-41)86-59-27-13-9-22-51(59)67-63(86)39-54-49-20-8-12-26-58(49)85-62-36-31-44-38-45(29-32-48(44)66(62)70(67)73(54)85)56-34-33-53-71(43-17-3-2-4-18-43)81-77(83-75(53)80-56)87-60-28-14-10-23-52(60)68-64(87)40-55-50-21-7-11-25-57(50)84-61-35-30-42-16-5-6-19-47(42)65(61)69(68)72(55)84/h2-40H,1H3. The van der Waals surface area contributed by atoms with E-state index in [1.165, 1.54) is 92.2 Å². The van der Waals surface area contributed by atoms with Crippen LogP contribution in [0, 0.1) is 6.92 Å². The van der Waals surface area contributed by atoms with Crippen LogP contribution in [0.4, 0.5) is 0 Å². The Labute approximate surface area is 492 Å². The van der Waals surface area contributed by atoms with Gasteiger partial charge in [0.1, 0.15) is 0 Å². The predicted molar refractivity (Wildman–Crippen MR) is 357 cm³/mol. The summed E-state index contributed by atoms with van der Waals surface area (Å²) in [4.78, 5) is 31.8. The van der Waals surface area contributed by atoms with E-state index in [2.05, 4.69) is 236 Å². The molecule has 0 unspecified atom stereocenters. The first-order chi connectivity index (χ1) is 43.1. The number of aryl methyl sites for hydroxylation is 1. The molecule has 21 aromatic rings. The average molecular weight is 1110 g/mol. The summed E-state index contributed by atoms with van der Waals surface area (Å²) in [5, 5.41) is 20.9. The molecular weight excluding hydrogens is 1060 g/mol. The number of pyridine rings is 2. The molecular formula is C77H42N10. The van der Waals surface area contributed by atoms with Crippen LogP contribution < -0.4 is 0 Å². The zero-order valence-corrected chi connectivity index (χ0v) is 46.5. The van der Waals surface area contributed by atoms with E-state index in [9.17, 15) is 0 Å². The molecule has 0 atom stereocenters. The van der Waals surface area contributed by atoms with E-state index in [-0.39, 0.29) is 0 Å². The van der Waals surface area contributed by atoms with E-state index >= 15 is 0 Å². The van der Waals surface area contributed by atoms with Gasteiger partial charge in [0.05, 0.1) is 72.2 Å². The minimum atomic E-state index is 0.565. The molecule has 87 heavy (non-hydrogen) atoms. The van der Waals surface area contributed by atoms with Crippen LogP contribution in [0.15, 0.2) is 237 Å². The molecule has 0 aliphatic heterocycles. The molecule has 0 aliphatic rings. The lowest BCUT2D eigenvalue weighted by atomic mass is 9.97. The largest absolute Gasteiger partial charge is 0.308 e. The highest BCUT2D eigenvalue weighted by atomic mass is 15.2. The lowest BCUT2D eigenvalue weighted by Crippen LogP contribution is -2.04. The van der Waals surface area contributed by atoms with Gasteiger partial charge in [0.2, 0.25) is 11.9 Å². The number of aromatic nitrogens is 10. The van der Waals surface area contributed by atoms with Crippen molar-refractivity contribution in [3.8, 4) is 34.4 Å². The number of benzene rings is 11. The predicted octanol–water partition coefficient (Wildman–Crippen LogP) is 18.8. The zero-order chi connectivity index (χ0) is 56.5. The summed E-state index contributed by atoms with van der Waals surface area (Å²) in [6, 6.07) is 83.3. The van der Waals surface area contributed by atoms with Crippen molar-refractivity contribution in [1.82, 2.24) is 47.8 Å². The summed E-state index contributed by atoms with van der Waals surface area (Å²) in [6.07, 6.45) is 1.80. The molecule has 0 radical (unpaired) electrons. The van der Waals surface area contributed by atoms with Crippen molar-refractivity contribution in [2.75, 3.05) is 0 Å². The SMILES string of the molecule is Cc1nc(-n2c3ccccc3c3c4c5c6ccc(-c7ccc8c(-c9ccccc9)nc(-n9c%10ccccc%10c%10c%11c%12c%13ccccc%13ccc%12n%12c%13ccccc%13c(cc%109)c%11%12)nc8n7)cc6ccc5n5c6ccccc6c(cc32)c45)nc2ncccc12. The van der Waals surface area contributed by atoms with Crippen molar-refractivity contribution in [2.45, 2.75) is 6.92 Å². The number of hydrogen-bond acceptors (Lipinski definition) is 6. The fourth-order valence-electron chi connectivity index (χ4n) is 15.5. The third kappa shape index (κ3) is 5.79. The number of para-hydroxylation sites is 4. The Morgan fingerprint density at radius 1 is 0.287 bits per heavy atom. The molecule has 21 rings (SSSR count). The molecule has 0 fully saturated rings. The highest BCUT2D eigenvalue weighted by Gasteiger charge is 2.29. The normalized spacial score (nSPS) is 12.7. The topological polar surface area (TPSA) is 96.0 Å². The first kappa shape index (κ1) is 45.6. The quantitative estimate of drug-likeness (QED) is 0.174. The van der Waals surface area contributed by atoms with Crippen LogP contribution >= 0.6 is 0 Å². The first-order valence-electron chi connectivity index (χ1n) is 29.5. The van der Waals surface area contributed by atoms with Crippen molar-refractivity contribution in [2.24, 2.45) is 0 Å².